The van der Waals surface area contributed by atoms with Gasteiger partial charge in [-0.1, -0.05) is 13.3 Å². The number of piperidine rings is 1. The predicted molar refractivity (Wildman–Crippen MR) is 119 cm³/mol. The van der Waals surface area contributed by atoms with Crippen LogP contribution in [-0.2, 0) is 0 Å². The molecule has 0 unspecified atom stereocenters. The van der Waals surface area contributed by atoms with E-state index < -0.39 is 5.66 Å². The first-order valence-electron chi connectivity index (χ1n) is 10.8. The molecule has 0 bridgehead atoms. The van der Waals surface area contributed by atoms with E-state index in [4.69, 9.17) is 16.5 Å². The molecule has 3 aliphatic rings. The van der Waals surface area contributed by atoms with Crippen molar-refractivity contribution in [3.8, 4) is 0 Å². The van der Waals surface area contributed by atoms with Gasteiger partial charge in [0.1, 0.15) is 5.66 Å². The van der Waals surface area contributed by atoms with E-state index in [2.05, 4.69) is 22.9 Å². The van der Waals surface area contributed by atoms with Crippen LogP contribution in [0.2, 0.25) is 0 Å². The van der Waals surface area contributed by atoms with Crippen molar-refractivity contribution in [2.45, 2.75) is 64.5 Å². The third kappa shape index (κ3) is 3.70. The van der Waals surface area contributed by atoms with Gasteiger partial charge >= 0.3 is 0 Å². The maximum atomic E-state index is 12.7. The highest BCUT2D eigenvalue weighted by molar-refractivity contribution is 6.10. The van der Waals surface area contributed by atoms with Gasteiger partial charge < -0.3 is 16.4 Å². The van der Waals surface area contributed by atoms with E-state index in [9.17, 15) is 4.79 Å². The quantitative estimate of drug-likeness (QED) is 0.764. The molecule has 0 atom stereocenters. The summed E-state index contributed by atoms with van der Waals surface area (Å²) in [6, 6.07) is 6.13. The number of Topliss-reactive ketones (excluding diaryl/α,β-unsaturated/α-hetero) is 1. The molecule has 1 saturated heterocycles. The number of rotatable bonds is 3. The van der Waals surface area contributed by atoms with Crippen LogP contribution in [0.4, 0.5) is 11.4 Å². The second-order valence-corrected chi connectivity index (χ2v) is 8.75. The molecule has 1 saturated carbocycles. The van der Waals surface area contributed by atoms with Gasteiger partial charge in [-0.05, 0) is 69.6 Å². The van der Waals surface area contributed by atoms with Gasteiger partial charge in [0.05, 0.1) is 5.69 Å². The van der Waals surface area contributed by atoms with Crippen molar-refractivity contribution in [2.75, 3.05) is 22.9 Å². The molecule has 156 valence electrons. The first-order valence-corrected chi connectivity index (χ1v) is 10.8. The minimum atomic E-state index is -0.541. The van der Waals surface area contributed by atoms with Crippen LogP contribution in [0.15, 0.2) is 28.2 Å². The Bertz CT molecular complexity index is 847. The summed E-state index contributed by atoms with van der Waals surface area (Å²) in [6.45, 7) is 5.96. The van der Waals surface area contributed by atoms with Crippen molar-refractivity contribution >= 4 is 29.1 Å². The normalized spacial score (nSPS) is 22.4. The Balaban J connectivity index is 1.75. The maximum Gasteiger partial charge on any atom is 0.220 e. The zero-order valence-electron chi connectivity index (χ0n) is 17.5. The highest BCUT2D eigenvalue weighted by atomic mass is 16.1. The lowest BCUT2D eigenvalue weighted by Crippen LogP contribution is -2.58. The van der Waals surface area contributed by atoms with Crippen molar-refractivity contribution in [3.63, 3.8) is 0 Å². The Morgan fingerprint density at radius 1 is 1.14 bits per heavy atom. The number of benzene rings is 1. The van der Waals surface area contributed by atoms with Gasteiger partial charge in [0.25, 0.3) is 0 Å². The van der Waals surface area contributed by atoms with Gasteiger partial charge in [-0.2, -0.15) is 4.99 Å². The Morgan fingerprint density at radius 3 is 2.48 bits per heavy atom. The van der Waals surface area contributed by atoms with Gasteiger partial charge in [0.15, 0.2) is 5.78 Å². The fourth-order valence-corrected chi connectivity index (χ4v) is 4.93. The summed E-state index contributed by atoms with van der Waals surface area (Å²) in [5.74, 6) is 1.33. The topological polar surface area (TPSA) is 100 Å². The number of nitrogens with zero attached hydrogens (tertiary/aromatic N) is 4. The van der Waals surface area contributed by atoms with Crippen molar-refractivity contribution in [2.24, 2.45) is 27.4 Å². The van der Waals surface area contributed by atoms with Crippen LogP contribution in [0.3, 0.4) is 0 Å². The molecule has 4 rings (SSSR count). The fraction of sp³-hybridized carbons (Fsp3) is 0.591. The lowest BCUT2D eigenvalue weighted by atomic mass is 9.86. The van der Waals surface area contributed by atoms with Crippen molar-refractivity contribution in [3.05, 3.63) is 23.8 Å². The van der Waals surface area contributed by atoms with Crippen molar-refractivity contribution < 1.29 is 4.79 Å². The molecule has 1 aromatic rings. The zero-order chi connectivity index (χ0) is 20.6. The van der Waals surface area contributed by atoms with Gasteiger partial charge in [0, 0.05) is 24.3 Å². The lowest BCUT2D eigenvalue weighted by molar-refractivity contribution is 0.101. The largest absolute Gasteiger partial charge is 0.371 e. The van der Waals surface area contributed by atoms with Gasteiger partial charge in [-0.3, -0.25) is 9.69 Å². The molecule has 7 nitrogen and oxygen atoms in total. The molecule has 2 fully saturated rings. The third-order valence-corrected chi connectivity index (χ3v) is 6.60. The summed E-state index contributed by atoms with van der Waals surface area (Å²) in [5, 5.41) is 0. The molecule has 29 heavy (non-hydrogen) atoms. The van der Waals surface area contributed by atoms with Crippen LogP contribution in [0.25, 0.3) is 0 Å². The molecule has 0 amide bonds. The number of anilines is 2. The molecule has 1 aromatic carbocycles. The minimum Gasteiger partial charge on any atom is -0.371 e. The fourth-order valence-electron chi connectivity index (χ4n) is 4.93. The number of guanidine groups is 2. The summed E-state index contributed by atoms with van der Waals surface area (Å²) >= 11 is 0. The van der Waals surface area contributed by atoms with Gasteiger partial charge in [-0.25, -0.2) is 4.99 Å². The molecule has 1 aliphatic carbocycles. The number of carbonyl (C=O) groups excluding carboxylic acids is 1. The monoisotopic (exact) mass is 396 g/mol. The van der Waals surface area contributed by atoms with E-state index >= 15 is 0 Å². The second-order valence-electron chi connectivity index (χ2n) is 8.75. The first kappa shape index (κ1) is 19.7. The molecule has 0 radical (unpaired) electrons. The molecular weight excluding hydrogens is 364 g/mol. The molecule has 1 spiro atoms. The summed E-state index contributed by atoms with van der Waals surface area (Å²) < 4.78 is 0. The number of hydrogen-bond donors (Lipinski definition) is 2. The number of hydrogen-bond acceptors (Lipinski definition) is 7. The van der Waals surface area contributed by atoms with E-state index in [1.807, 2.05) is 17.0 Å². The van der Waals surface area contributed by atoms with Crippen LogP contribution in [0.5, 0.6) is 0 Å². The lowest BCUT2D eigenvalue weighted by Gasteiger charge is -2.46. The Hall–Kier alpha value is -2.57. The van der Waals surface area contributed by atoms with E-state index in [1.165, 1.54) is 19.3 Å². The molecule has 2 heterocycles. The maximum absolute atomic E-state index is 12.7. The molecule has 4 N–H and O–H groups in total. The van der Waals surface area contributed by atoms with Crippen LogP contribution >= 0.6 is 0 Å². The van der Waals surface area contributed by atoms with Crippen LogP contribution < -0.4 is 21.3 Å². The summed E-state index contributed by atoms with van der Waals surface area (Å²) in [6.07, 6.45) is 7.36. The number of ketones is 1. The Morgan fingerprint density at radius 2 is 1.83 bits per heavy atom. The van der Waals surface area contributed by atoms with E-state index in [0.717, 1.165) is 56.1 Å². The van der Waals surface area contributed by atoms with E-state index in [-0.39, 0.29) is 11.7 Å². The molecule has 7 heteroatoms. The minimum absolute atomic E-state index is 0.0218. The SMILES string of the molecule is CC(=O)c1cc(N2CCC(C)CC2)ccc1N1C(N)=NC(N)=NC12CCCCC2. The van der Waals surface area contributed by atoms with Gasteiger partial charge in [-0.15, -0.1) is 0 Å². The number of nitrogens with two attached hydrogens (primary N) is 2. The van der Waals surface area contributed by atoms with E-state index in [0.29, 0.717) is 11.5 Å². The van der Waals surface area contributed by atoms with Crippen molar-refractivity contribution in [1.82, 2.24) is 0 Å². The van der Waals surface area contributed by atoms with E-state index in [1.54, 1.807) is 6.92 Å². The second kappa shape index (κ2) is 7.69. The Kier molecular flexibility index (Phi) is 5.23. The highest BCUT2D eigenvalue weighted by Crippen LogP contribution is 2.41. The third-order valence-electron chi connectivity index (χ3n) is 6.60. The van der Waals surface area contributed by atoms with Crippen molar-refractivity contribution in [1.29, 1.82) is 0 Å². The molecular formula is C22H32N6O. The first-order chi connectivity index (χ1) is 13.9. The van der Waals surface area contributed by atoms with Crippen LogP contribution in [0.1, 0.15) is 69.2 Å². The smallest absolute Gasteiger partial charge is 0.220 e. The molecule has 0 aromatic heterocycles. The summed E-state index contributed by atoms with van der Waals surface area (Å²) in [7, 11) is 0. The number of carbonyl (C=O) groups is 1. The highest BCUT2D eigenvalue weighted by Gasteiger charge is 2.43. The van der Waals surface area contributed by atoms with Crippen LogP contribution in [0, 0.1) is 5.92 Å². The van der Waals surface area contributed by atoms with Gasteiger partial charge in [0.2, 0.25) is 11.9 Å². The standard InChI is InChI=1S/C22H32N6O/c1-15-8-12-27(13-9-15)17-6-7-19(18(14-17)16(2)29)28-21(24)25-20(23)26-22(28)10-4-3-5-11-22/h6-7,14-15H,3-5,8-13H2,1-2H3,(H4,23,24,25,26). The van der Waals surface area contributed by atoms with Crippen LogP contribution in [-0.4, -0.2) is 36.5 Å². The summed E-state index contributed by atoms with van der Waals surface area (Å²) in [5.41, 5.74) is 14.4. The number of aliphatic imine (C=N–C) groups is 2. The average molecular weight is 397 g/mol. The zero-order valence-corrected chi connectivity index (χ0v) is 17.5. The predicted octanol–water partition coefficient (Wildman–Crippen LogP) is 3.24. The average Bonchev–Trinajstić information content (AvgIpc) is 2.68. The Labute approximate surface area is 172 Å². The molecule has 2 aliphatic heterocycles. The summed E-state index contributed by atoms with van der Waals surface area (Å²) in [4.78, 5) is 26.0.